The summed E-state index contributed by atoms with van der Waals surface area (Å²) in [5.74, 6) is -18.6. The van der Waals surface area contributed by atoms with E-state index in [2.05, 4.69) is 14.2 Å². The third-order valence-corrected chi connectivity index (χ3v) is 6.94. The van der Waals surface area contributed by atoms with E-state index in [0.717, 1.165) is 6.92 Å². The zero-order chi connectivity index (χ0) is 25.7. The molecule has 4 rings (SSSR count). The number of hydrogen-bond acceptors (Lipinski definition) is 6. The molecule has 0 heterocycles. The molecule has 0 amide bonds. The number of ketones is 1. The monoisotopic (exact) mass is 506 g/mol. The van der Waals surface area contributed by atoms with E-state index < -0.39 is 72.6 Å². The maximum atomic E-state index is 14.1. The lowest BCUT2D eigenvalue weighted by Gasteiger charge is -2.54. The van der Waals surface area contributed by atoms with Gasteiger partial charge in [-0.3, -0.25) is 9.59 Å². The van der Waals surface area contributed by atoms with Crippen LogP contribution in [0.5, 0.6) is 0 Å². The van der Waals surface area contributed by atoms with Crippen LogP contribution >= 0.6 is 0 Å². The highest BCUT2D eigenvalue weighted by molar-refractivity contribution is 5.91. The van der Waals surface area contributed by atoms with Crippen LogP contribution in [-0.4, -0.2) is 54.7 Å². The lowest BCUT2D eigenvalue weighted by Crippen LogP contribution is -2.62. The summed E-state index contributed by atoms with van der Waals surface area (Å²) < 4.78 is 109. The van der Waals surface area contributed by atoms with Crippen molar-refractivity contribution in [3.8, 4) is 0 Å². The maximum absolute atomic E-state index is 14.1. The molecule has 0 aromatic heterocycles. The molecule has 3 atom stereocenters. The van der Waals surface area contributed by atoms with Crippen LogP contribution in [-0.2, 0) is 28.6 Å². The molecule has 0 aromatic rings. The van der Waals surface area contributed by atoms with Gasteiger partial charge in [0.1, 0.15) is 5.78 Å². The first-order chi connectivity index (χ1) is 15.5. The highest BCUT2D eigenvalue weighted by Crippen LogP contribution is 2.59. The van der Waals surface area contributed by atoms with Gasteiger partial charge in [-0.2, -0.15) is 22.0 Å². The summed E-state index contributed by atoms with van der Waals surface area (Å²) in [5, 5.41) is 0. The van der Waals surface area contributed by atoms with Crippen LogP contribution in [0.25, 0.3) is 0 Å². The molecule has 0 N–H and O–H groups in total. The summed E-state index contributed by atoms with van der Waals surface area (Å²) in [7, 11) is 0. The second-order valence-corrected chi connectivity index (χ2v) is 9.44. The number of alkyl halides is 7. The van der Waals surface area contributed by atoms with E-state index in [9.17, 15) is 45.1 Å². The van der Waals surface area contributed by atoms with Crippen LogP contribution in [0.4, 0.5) is 30.7 Å². The van der Waals surface area contributed by atoms with E-state index in [0.29, 0.717) is 12.8 Å². The minimum absolute atomic E-state index is 0.0610. The Morgan fingerprint density at radius 2 is 1.56 bits per heavy atom. The molecule has 0 radical (unpaired) electrons. The predicted octanol–water partition coefficient (Wildman–Crippen LogP) is 4.44. The quantitative estimate of drug-likeness (QED) is 0.261. The number of esters is 2. The minimum Gasteiger partial charge on any atom is -0.461 e. The number of rotatable bonds is 9. The number of ether oxygens (including phenoxy) is 3. The Labute approximate surface area is 190 Å². The normalized spacial score (nSPS) is 30.7. The van der Waals surface area contributed by atoms with Gasteiger partial charge in [0, 0.05) is 25.2 Å². The Hall–Kier alpha value is -1.92. The van der Waals surface area contributed by atoms with Gasteiger partial charge in [0.2, 0.25) is 0 Å². The van der Waals surface area contributed by atoms with Crippen LogP contribution in [0.1, 0.15) is 52.4 Å². The topological polar surface area (TPSA) is 78.9 Å². The van der Waals surface area contributed by atoms with E-state index in [-0.39, 0.29) is 37.9 Å². The van der Waals surface area contributed by atoms with Gasteiger partial charge >= 0.3 is 35.7 Å². The van der Waals surface area contributed by atoms with Gasteiger partial charge in [0.05, 0.1) is 18.6 Å². The minimum atomic E-state index is -5.78. The third kappa shape index (κ3) is 4.51. The van der Waals surface area contributed by atoms with Crippen molar-refractivity contribution in [2.75, 3.05) is 13.2 Å². The highest BCUT2D eigenvalue weighted by Gasteiger charge is 2.70. The van der Waals surface area contributed by atoms with Gasteiger partial charge in [0.15, 0.2) is 0 Å². The molecule has 34 heavy (non-hydrogen) atoms. The lowest BCUT2D eigenvalue weighted by molar-refractivity contribution is -0.361. The van der Waals surface area contributed by atoms with E-state index >= 15 is 0 Å². The molecule has 3 unspecified atom stereocenters. The molecule has 0 aliphatic heterocycles. The SMILES string of the molecule is CCOC(=O)C(OCCC(F)(F)C(C)(F)F)(OC(=O)C12CC3CC(C1)C(=O)C(C3)C2)C(F)(F)F. The van der Waals surface area contributed by atoms with Crippen LogP contribution in [0.3, 0.4) is 0 Å². The Balaban J connectivity index is 1.88. The first kappa shape index (κ1) is 26.7. The summed E-state index contributed by atoms with van der Waals surface area (Å²) in [4.78, 5) is 37.8. The third-order valence-electron chi connectivity index (χ3n) is 6.94. The molecule has 4 aliphatic carbocycles. The molecule has 4 bridgehead atoms. The van der Waals surface area contributed by atoms with Gasteiger partial charge in [-0.1, -0.05) is 0 Å². The predicted molar refractivity (Wildman–Crippen MR) is 98.6 cm³/mol. The first-order valence-electron chi connectivity index (χ1n) is 10.9. The Morgan fingerprint density at radius 3 is 2.03 bits per heavy atom. The average molecular weight is 506 g/mol. The Morgan fingerprint density at radius 1 is 1.00 bits per heavy atom. The largest absolute Gasteiger partial charge is 0.468 e. The van der Waals surface area contributed by atoms with E-state index in [1.54, 1.807) is 0 Å². The van der Waals surface area contributed by atoms with Gasteiger partial charge < -0.3 is 14.2 Å². The van der Waals surface area contributed by atoms with E-state index in [4.69, 9.17) is 0 Å². The summed E-state index contributed by atoms with van der Waals surface area (Å²) in [6.45, 7) is -1.27. The number of hydrogen-bond donors (Lipinski definition) is 0. The van der Waals surface area contributed by atoms with Crippen molar-refractivity contribution in [1.29, 1.82) is 0 Å². The van der Waals surface area contributed by atoms with E-state index in [1.165, 1.54) is 0 Å². The molecule has 4 saturated carbocycles. The standard InChI is InChI=1S/C21H25F7O6/c1-3-32-16(31)20(21(26,27)28,33-5-4-19(24,25)17(2,22)23)34-15(30)18-8-11-6-12(9-18)14(29)13(7-11)10-18/h11-13H,3-10H2,1-2H3. The van der Waals surface area contributed by atoms with Crippen molar-refractivity contribution >= 4 is 17.7 Å². The molecular formula is C21H25F7O6. The zero-order valence-corrected chi connectivity index (χ0v) is 18.5. The molecule has 0 spiro atoms. The van der Waals surface area contributed by atoms with E-state index in [1.807, 2.05) is 0 Å². The first-order valence-corrected chi connectivity index (χ1v) is 10.9. The summed E-state index contributed by atoms with van der Waals surface area (Å²) in [6.07, 6.45) is -6.65. The maximum Gasteiger partial charge on any atom is 0.468 e. The molecular weight excluding hydrogens is 481 g/mol. The fourth-order valence-electron chi connectivity index (χ4n) is 5.39. The summed E-state index contributed by atoms with van der Waals surface area (Å²) in [6, 6.07) is 0. The number of carbonyl (C=O) groups excluding carboxylic acids is 3. The smallest absolute Gasteiger partial charge is 0.461 e. The molecule has 13 heteroatoms. The molecule has 194 valence electrons. The van der Waals surface area contributed by atoms with Crippen molar-refractivity contribution in [2.24, 2.45) is 23.2 Å². The fraction of sp³-hybridized carbons (Fsp3) is 0.857. The highest BCUT2D eigenvalue weighted by atomic mass is 19.4. The molecule has 0 aromatic carbocycles. The lowest BCUT2D eigenvalue weighted by atomic mass is 9.49. The van der Waals surface area contributed by atoms with Gasteiger partial charge in [0.25, 0.3) is 0 Å². The average Bonchev–Trinajstić information content (AvgIpc) is 2.68. The number of Topliss-reactive ketones (excluding diaryl/α,β-unsaturated/α-hetero) is 1. The van der Waals surface area contributed by atoms with Crippen LogP contribution in [0, 0.1) is 23.2 Å². The molecule has 6 nitrogen and oxygen atoms in total. The summed E-state index contributed by atoms with van der Waals surface area (Å²) >= 11 is 0. The van der Waals surface area contributed by atoms with Gasteiger partial charge in [-0.05, 0) is 44.9 Å². The van der Waals surface area contributed by atoms with Crippen molar-refractivity contribution in [3.05, 3.63) is 0 Å². The van der Waals surface area contributed by atoms with Crippen molar-refractivity contribution in [2.45, 2.75) is 76.2 Å². The number of carbonyl (C=O) groups is 3. The van der Waals surface area contributed by atoms with Gasteiger partial charge in [-0.15, -0.1) is 0 Å². The molecule has 4 fully saturated rings. The van der Waals surface area contributed by atoms with Crippen LogP contribution in [0.15, 0.2) is 0 Å². The second-order valence-electron chi connectivity index (χ2n) is 9.44. The zero-order valence-electron chi connectivity index (χ0n) is 18.5. The molecule has 4 aliphatic rings. The summed E-state index contributed by atoms with van der Waals surface area (Å²) in [5.41, 5.74) is -1.48. The molecule has 0 saturated heterocycles. The van der Waals surface area contributed by atoms with Crippen molar-refractivity contribution in [3.63, 3.8) is 0 Å². The second kappa shape index (κ2) is 8.63. The van der Waals surface area contributed by atoms with Crippen LogP contribution < -0.4 is 0 Å². The van der Waals surface area contributed by atoms with Gasteiger partial charge in [-0.25, -0.2) is 13.6 Å². The fourth-order valence-corrected chi connectivity index (χ4v) is 5.39. The number of halogens is 7. The van der Waals surface area contributed by atoms with Crippen molar-refractivity contribution < 1.29 is 59.3 Å². The van der Waals surface area contributed by atoms with Crippen LogP contribution in [0.2, 0.25) is 0 Å². The Kier molecular flexibility index (Phi) is 6.77. The van der Waals surface area contributed by atoms with Crippen molar-refractivity contribution in [1.82, 2.24) is 0 Å². The Bertz CT molecular complexity index is 818.